The van der Waals surface area contributed by atoms with Crippen molar-refractivity contribution in [1.29, 1.82) is 0 Å². The van der Waals surface area contributed by atoms with Crippen LogP contribution < -0.4 is 22.1 Å². The van der Waals surface area contributed by atoms with E-state index in [1.165, 1.54) is 18.0 Å². The molecule has 0 spiro atoms. The van der Waals surface area contributed by atoms with Crippen molar-refractivity contribution >= 4 is 58.5 Å². The first-order chi connectivity index (χ1) is 19.4. The lowest BCUT2D eigenvalue weighted by atomic mass is 10.0. The Labute approximate surface area is 246 Å². The Hall–Kier alpha value is -4.61. The van der Waals surface area contributed by atoms with Gasteiger partial charge in [-0.15, -0.1) is 0 Å². The number of aliphatic imine (C=N–C) groups is 1. The molecule has 0 aromatic heterocycles. The van der Waals surface area contributed by atoms with E-state index in [9.17, 15) is 24.3 Å². The number of guanidine groups is 1. The summed E-state index contributed by atoms with van der Waals surface area (Å²) < 4.78 is 0. The van der Waals surface area contributed by atoms with Crippen molar-refractivity contribution in [2.45, 2.75) is 12.5 Å². The number of halogens is 2. The molecule has 0 saturated carbocycles. The fourth-order valence-corrected chi connectivity index (χ4v) is 4.55. The summed E-state index contributed by atoms with van der Waals surface area (Å²) in [6.07, 6.45) is -0.490. The smallest absolute Gasteiger partial charge is 0.305 e. The Morgan fingerprint density at radius 1 is 0.951 bits per heavy atom. The second-order valence-corrected chi connectivity index (χ2v) is 9.82. The van der Waals surface area contributed by atoms with Gasteiger partial charge in [0.05, 0.1) is 40.3 Å². The second kappa shape index (κ2) is 14.1. The number of carbonyl (C=O) groups is 4. The Morgan fingerprint density at radius 3 is 2.22 bits per heavy atom. The van der Waals surface area contributed by atoms with Crippen molar-refractivity contribution < 1.29 is 24.3 Å². The van der Waals surface area contributed by atoms with Gasteiger partial charge in [-0.1, -0.05) is 59.6 Å². The third-order valence-corrected chi connectivity index (χ3v) is 6.35. The lowest BCUT2D eigenvalue weighted by Gasteiger charge is -2.21. The number of nitrogens with zero attached hydrogens (tertiary/aromatic N) is 2. The summed E-state index contributed by atoms with van der Waals surface area (Å²) in [4.78, 5) is 54.8. The van der Waals surface area contributed by atoms with Crippen LogP contribution >= 0.6 is 23.2 Å². The van der Waals surface area contributed by atoms with Gasteiger partial charge in [0.2, 0.25) is 5.91 Å². The van der Waals surface area contributed by atoms with Crippen molar-refractivity contribution in [3.05, 3.63) is 87.9 Å². The van der Waals surface area contributed by atoms with Crippen LogP contribution in [0.15, 0.2) is 71.7 Å². The molecule has 3 rings (SSSR count). The van der Waals surface area contributed by atoms with E-state index in [4.69, 9.17) is 34.7 Å². The maximum Gasteiger partial charge on any atom is 0.305 e. The van der Waals surface area contributed by atoms with E-state index >= 15 is 0 Å². The van der Waals surface area contributed by atoms with Crippen LogP contribution in [0.5, 0.6) is 0 Å². The number of hydrogen-bond donors (Lipinski definition) is 5. The molecule has 0 aliphatic rings. The molecule has 41 heavy (non-hydrogen) atoms. The largest absolute Gasteiger partial charge is 0.481 e. The third-order valence-electron chi connectivity index (χ3n) is 5.76. The molecule has 0 radical (unpaired) electrons. The Kier molecular flexibility index (Phi) is 10.7. The molecule has 0 heterocycles. The summed E-state index contributed by atoms with van der Waals surface area (Å²) in [6.45, 7) is -0.562. The van der Waals surface area contributed by atoms with Crippen LogP contribution in [0.4, 0.5) is 5.69 Å². The number of carbonyl (C=O) groups excluding carboxylic acids is 3. The Balaban J connectivity index is 1.64. The summed E-state index contributed by atoms with van der Waals surface area (Å²) in [5.41, 5.74) is 12.9. The van der Waals surface area contributed by atoms with Gasteiger partial charge in [-0.2, -0.15) is 0 Å². The summed E-state index contributed by atoms with van der Waals surface area (Å²) >= 11 is 12.8. The van der Waals surface area contributed by atoms with E-state index in [-0.39, 0.29) is 40.2 Å². The Morgan fingerprint density at radius 2 is 1.61 bits per heavy atom. The van der Waals surface area contributed by atoms with Gasteiger partial charge in [-0.25, -0.2) is 4.99 Å². The monoisotopic (exact) mass is 598 g/mol. The molecular weight excluding hydrogens is 571 g/mol. The fraction of sp³-hybridized carbons (Fsp3) is 0.179. The molecule has 7 N–H and O–H groups in total. The molecule has 0 bridgehead atoms. The molecule has 11 nitrogen and oxygen atoms in total. The zero-order valence-electron chi connectivity index (χ0n) is 21.9. The van der Waals surface area contributed by atoms with Gasteiger partial charge in [-0.05, 0) is 41.5 Å². The molecular formula is C28H28Cl2N6O5. The predicted molar refractivity (Wildman–Crippen MR) is 157 cm³/mol. The van der Waals surface area contributed by atoms with Crippen molar-refractivity contribution in [2.75, 3.05) is 20.1 Å². The zero-order chi connectivity index (χ0) is 30.1. The summed E-state index contributed by atoms with van der Waals surface area (Å²) in [7, 11) is 1.43. The normalized spacial score (nSPS) is 11.2. The van der Waals surface area contributed by atoms with E-state index in [2.05, 4.69) is 15.6 Å². The van der Waals surface area contributed by atoms with Crippen molar-refractivity contribution in [2.24, 2.45) is 16.5 Å². The van der Waals surface area contributed by atoms with Gasteiger partial charge in [0.15, 0.2) is 5.96 Å². The van der Waals surface area contributed by atoms with Crippen LogP contribution in [-0.2, 0) is 9.59 Å². The van der Waals surface area contributed by atoms with E-state index in [1.807, 2.05) is 30.3 Å². The van der Waals surface area contributed by atoms with Gasteiger partial charge in [0, 0.05) is 19.2 Å². The second-order valence-electron chi connectivity index (χ2n) is 9.00. The number of nitrogens with two attached hydrogens (primary N) is 2. The van der Waals surface area contributed by atoms with Crippen molar-refractivity contribution in [3.63, 3.8) is 0 Å². The number of hydrogen-bond acceptors (Lipinski definition) is 5. The number of nitrogens with one attached hydrogen (secondary N) is 2. The minimum atomic E-state index is -1.20. The number of aliphatic carboxylic acids is 1. The Bertz CT molecular complexity index is 1450. The van der Waals surface area contributed by atoms with E-state index in [0.717, 1.165) is 5.56 Å². The number of carboxylic acid groups (broad SMARTS) is 1. The number of benzene rings is 3. The van der Waals surface area contributed by atoms with Crippen molar-refractivity contribution in [1.82, 2.24) is 15.5 Å². The van der Waals surface area contributed by atoms with Gasteiger partial charge in [-0.3, -0.25) is 19.2 Å². The van der Waals surface area contributed by atoms with Gasteiger partial charge in [0.25, 0.3) is 11.8 Å². The molecule has 0 unspecified atom stereocenters. The fourth-order valence-electron chi connectivity index (χ4n) is 3.89. The van der Waals surface area contributed by atoms with Crippen LogP contribution in [-0.4, -0.2) is 65.8 Å². The summed E-state index contributed by atoms with van der Waals surface area (Å²) in [5, 5.41) is 14.6. The number of rotatable bonds is 11. The predicted octanol–water partition coefficient (Wildman–Crippen LogP) is 3.03. The maximum atomic E-state index is 13.0. The maximum absolute atomic E-state index is 13.0. The molecule has 214 valence electrons. The lowest BCUT2D eigenvalue weighted by molar-refractivity contribution is -0.137. The minimum absolute atomic E-state index is 0.0250. The summed E-state index contributed by atoms with van der Waals surface area (Å²) in [5.74, 6) is -3.11. The van der Waals surface area contributed by atoms with Gasteiger partial charge in [0.1, 0.15) is 0 Å². The van der Waals surface area contributed by atoms with E-state index in [1.54, 1.807) is 30.3 Å². The van der Waals surface area contributed by atoms with Crippen LogP contribution in [0.3, 0.4) is 0 Å². The summed E-state index contributed by atoms with van der Waals surface area (Å²) in [6, 6.07) is 17.7. The molecule has 1 atom stereocenters. The molecule has 0 aliphatic carbocycles. The topological polar surface area (TPSA) is 180 Å². The number of carboxylic acids is 1. The van der Waals surface area contributed by atoms with Crippen LogP contribution in [0.25, 0.3) is 11.1 Å². The third kappa shape index (κ3) is 8.95. The highest BCUT2D eigenvalue weighted by molar-refractivity contribution is 6.40. The quantitative estimate of drug-likeness (QED) is 0.166. The average molecular weight is 599 g/mol. The molecule has 3 amide bonds. The first-order valence-electron chi connectivity index (χ1n) is 12.2. The number of amides is 3. The zero-order valence-corrected chi connectivity index (χ0v) is 23.4. The standard InChI is InChI=1S/C28H28Cl2N6O5/c1-36(27(41)17-8-5-9-19(10-17)35-28(31)32)15-23(37)33-14-20(13-24(38)39)34-26(40)25-21(29)11-18(12-22(25)30)16-6-3-2-4-7-16/h2-12,20H,13-15H2,1H3,(H,33,37)(H,34,40)(H,38,39)(H4,31,32,35)/t20-/m1/s1. The van der Waals surface area contributed by atoms with Crippen LogP contribution in [0, 0.1) is 0 Å². The van der Waals surface area contributed by atoms with E-state index < -0.39 is 36.2 Å². The highest BCUT2D eigenvalue weighted by atomic mass is 35.5. The molecule has 13 heteroatoms. The van der Waals surface area contributed by atoms with Gasteiger partial charge >= 0.3 is 5.97 Å². The van der Waals surface area contributed by atoms with Crippen LogP contribution in [0.1, 0.15) is 27.1 Å². The average Bonchev–Trinajstić information content (AvgIpc) is 2.90. The van der Waals surface area contributed by atoms with Crippen molar-refractivity contribution in [3.8, 4) is 11.1 Å². The van der Waals surface area contributed by atoms with E-state index in [0.29, 0.717) is 11.3 Å². The number of likely N-dealkylation sites (N-methyl/N-ethyl adjacent to an activating group) is 1. The van der Waals surface area contributed by atoms with Gasteiger partial charge < -0.3 is 32.1 Å². The van der Waals surface area contributed by atoms with Crippen LogP contribution in [0.2, 0.25) is 10.0 Å². The first-order valence-corrected chi connectivity index (χ1v) is 13.0. The first kappa shape index (κ1) is 30.9. The SMILES string of the molecule is CN(CC(=O)NC[C@@H](CC(=O)O)NC(=O)c1c(Cl)cc(-c2ccccc2)cc1Cl)C(=O)c1cccc(N=C(N)N)c1. The molecule has 0 aliphatic heterocycles. The molecule has 0 saturated heterocycles. The molecule has 3 aromatic carbocycles. The minimum Gasteiger partial charge on any atom is -0.481 e. The highest BCUT2D eigenvalue weighted by Crippen LogP contribution is 2.32. The lowest BCUT2D eigenvalue weighted by Crippen LogP contribution is -2.47. The highest BCUT2D eigenvalue weighted by Gasteiger charge is 2.23. The molecule has 3 aromatic rings. The molecule has 0 fully saturated rings.